The lowest BCUT2D eigenvalue weighted by Crippen LogP contribution is -2.24. The van der Waals surface area contributed by atoms with Gasteiger partial charge in [-0.25, -0.2) is 0 Å². The molecule has 2 rings (SSSR count). The smallest absolute Gasteiger partial charge is 0.314 e. The van der Waals surface area contributed by atoms with E-state index in [-0.39, 0.29) is 11.9 Å². The van der Waals surface area contributed by atoms with Gasteiger partial charge in [0, 0.05) is 6.21 Å². The molecule has 4 heteroatoms. The molecule has 0 spiro atoms. The Kier molecular flexibility index (Phi) is 3.75. The Morgan fingerprint density at radius 2 is 2.29 bits per heavy atom. The third kappa shape index (κ3) is 2.84. The van der Waals surface area contributed by atoms with Crippen molar-refractivity contribution in [3.63, 3.8) is 0 Å². The van der Waals surface area contributed by atoms with Gasteiger partial charge in [-0.2, -0.15) is 0 Å². The highest BCUT2D eigenvalue weighted by Crippen LogP contribution is 2.26. The number of nitrogens with zero attached hydrogens (tertiary/aromatic N) is 1. The minimum Gasteiger partial charge on any atom is -0.494 e. The molecule has 0 saturated carbocycles. The normalized spacial score (nSPS) is 20.3. The molecule has 1 aliphatic rings. The molecule has 0 aliphatic carbocycles. The molecule has 0 aromatic heterocycles. The predicted molar refractivity (Wildman–Crippen MR) is 64.8 cm³/mol. The first-order valence-electron chi connectivity index (χ1n) is 5.65. The molecule has 1 saturated heterocycles. The van der Waals surface area contributed by atoms with Gasteiger partial charge in [0.1, 0.15) is 11.4 Å². The first kappa shape index (κ1) is 11.6. The van der Waals surface area contributed by atoms with Crippen LogP contribution in [0.4, 0.5) is 5.69 Å². The Hall–Kier alpha value is -1.84. The van der Waals surface area contributed by atoms with Crippen molar-refractivity contribution in [1.82, 2.24) is 0 Å². The van der Waals surface area contributed by atoms with Gasteiger partial charge < -0.3 is 9.47 Å². The van der Waals surface area contributed by atoms with Crippen LogP contribution in [-0.2, 0) is 9.53 Å². The van der Waals surface area contributed by atoms with E-state index in [1.54, 1.807) is 13.3 Å². The van der Waals surface area contributed by atoms with E-state index in [0.29, 0.717) is 12.4 Å². The van der Waals surface area contributed by atoms with Gasteiger partial charge in [-0.1, -0.05) is 12.1 Å². The van der Waals surface area contributed by atoms with E-state index in [1.807, 2.05) is 24.3 Å². The van der Waals surface area contributed by atoms with Crippen LogP contribution in [0.15, 0.2) is 29.3 Å². The first-order chi connectivity index (χ1) is 8.31. The van der Waals surface area contributed by atoms with Crippen molar-refractivity contribution < 1.29 is 14.3 Å². The number of aliphatic imine (C=N–C) groups is 1. The summed E-state index contributed by atoms with van der Waals surface area (Å²) in [6.07, 6.45) is 3.35. The Morgan fingerprint density at radius 1 is 1.47 bits per heavy atom. The SMILES string of the molecule is COc1ccccc1N=CC1CCCOC1=O. The van der Waals surface area contributed by atoms with Crippen LogP contribution < -0.4 is 4.74 Å². The van der Waals surface area contributed by atoms with Crippen LogP contribution in [0.25, 0.3) is 0 Å². The van der Waals surface area contributed by atoms with E-state index in [2.05, 4.69) is 4.99 Å². The van der Waals surface area contributed by atoms with E-state index in [9.17, 15) is 4.79 Å². The van der Waals surface area contributed by atoms with Crippen LogP contribution in [0, 0.1) is 5.92 Å². The fraction of sp³-hybridized carbons (Fsp3) is 0.385. The number of carbonyl (C=O) groups is 1. The lowest BCUT2D eigenvalue weighted by Gasteiger charge is -2.17. The number of hydrogen-bond acceptors (Lipinski definition) is 4. The van der Waals surface area contributed by atoms with Gasteiger partial charge in [0.25, 0.3) is 0 Å². The van der Waals surface area contributed by atoms with Crippen molar-refractivity contribution in [2.24, 2.45) is 10.9 Å². The van der Waals surface area contributed by atoms with E-state index < -0.39 is 0 Å². The minimum atomic E-state index is -0.228. The fourth-order valence-corrected chi connectivity index (χ4v) is 1.74. The first-order valence-corrected chi connectivity index (χ1v) is 5.65. The summed E-state index contributed by atoms with van der Waals surface area (Å²) in [5.74, 6) is 0.288. The molecule has 0 radical (unpaired) electrons. The molecular formula is C13H15NO3. The molecule has 1 aliphatic heterocycles. The third-order valence-corrected chi connectivity index (χ3v) is 2.69. The van der Waals surface area contributed by atoms with Gasteiger partial charge >= 0.3 is 5.97 Å². The van der Waals surface area contributed by atoms with Crippen LogP contribution >= 0.6 is 0 Å². The van der Waals surface area contributed by atoms with Crippen LogP contribution in [0.3, 0.4) is 0 Å². The van der Waals surface area contributed by atoms with Crippen molar-refractivity contribution in [3.05, 3.63) is 24.3 Å². The van der Waals surface area contributed by atoms with E-state index in [0.717, 1.165) is 18.5 Å². The third-order valence-electron chi connectivity index (χ3n) is 2.69. The Bertz CT molecular complexity index is 428. The van der Waals surface area contributed by atoms with E-state index in [1.165, 1.54) is 0 Å². The molecule has 0 amide bonds. The van der Waals surface area contributed by atoms with Crippen molar-refractivity contribution >= 4 is 17.9 Å². The molecule has 1 fully saturated rings. The predicted octanol–water partition coefficient (Wildman–Crippen LogP) is 2.35. The lowest BCUT2D eigenvalue weighted by molar-refractivity contribution is -0.149. The number of methoxy groups -OCH3 is 1. The largest absolute Gasteiger partial charge is 0.494 e. The van der Waals surface area contributed by atoms with E-state index >= 15 is 0 Å². The molecule has 0 bridgehead atoms. The van der Waals surface area contributed by atoms with Gasteiger partial charge in [-0.05, 0) is 25.0 Å². The molecule has 4 nitrogen and oxygen atoms in total. The maximum absolute atomic E-state index is 11.4. The summed E-state index contributed by atoms with van der Waals surface area (Å²) >= 11 is 0. The Morgan fingerprint density at radius 3 is 3.06 bits per heavy atom. The summed E-state index contributed by atoms with van der Waals surface area (Å²) in [6.45, 7) is 0.526. The molecule has 1 aromatic carbocycles. The number of hydrogen-bond donors (Lipinski definition) is 0. The summed E-state index contributed by atoms with van der Waals surface area (Å²) < 4.78 is 10.2. The number of cyclic esters (lactones) is 1. The fourth-order valence-electron chi connectivity index (χ4n) is 1.74. The molecule has 90 valence electrons. The Labute approximate surface area is 100 Å². The number of rotatable bonds is 3. The van der Waals surface area contributed by atoms with Gasteiger partial charge in [0.05, 0.1) is 19.6 Å². The highest BCUT2D eigenvalue weighted by atomic mass is 16.5. The van der Waals surface area contributed by atoms with Crippen LogP contribution in [-0.4, -0.2) is 25.9 Å². The summed E-state index contributed by atoms with van der Waals surface area (Å²) in [4.78, 5) is 15.7. The van der Waals surface area contributed by atoms with Gasteiger partial charge in [-0.3, -0.25) is 9.79 Å². The average molecular weight is 233 g/mol. The van der Waals surface area contributed by atoms with Crippen molar-refractivity contribution in [1.29, 1.82) is 0 Å². The van der Waals surface area contributed by atoms with Crippen molar-refractivity contribution in [2.75, 3.05) is 13.7 Å². The number of esters is 1. The standard InChI is InChI=1S/C13H15NO3/c1-16-12-7-3-2-6-11(12)14-9-10-5-4-8-17-13(10)15/h2-3,6-7,9-10H,4-5,8H2,1H3. The second kappa shape index (κ2) is 5.48. The molecule has 1 aromatic rings. The van der Waals surface area contributed by atoms with E-state index in [4.69, 9.17) is 9.47 Å². The van der Waals surface area contributed by atoms with Crippen molar-refractivity contribution in [3.8, 4) is 5.75 Å². The number of carbonyl (C=O) groups excluding carboxylic acids is 1. The van der Waals surface area contributed by atoms with Crippen LogP contribution in [0.1, 0.15) is 12.8 Å². The summed E-state index contributed by atoms with van der Waals surface area (Å²) in [5.41, 5.74) is 0.730. The van der Waals surface area contributed by atoms with Crippen molar-refractivity contribution in [2.45, 2.75) is 12.8 Å². The zero-order valence-electron chi connectivity index (χ0n) is 9.76. The molecule has 0 N–H and O–H groups in total. The van der Waals surface area contributed by atoms with Crippen LogP contribution in [0.2, 0.25) is 0 Å². The van der Waals surface area contributed by atoms with Crippen LogP contribution in [0.5, 0.6) is 5.75 Å². The minimum absolute atomic E-state index is 0.185. The molecule has 1 heterocycles. The summed E-state index contributed by atoms with van der Waals surface area (Å²) in [5, 5.41) is 0. The molecule has 1 atom stereocenters. The van der Waals surface area contributed by atoms with Gasteiger partial charge in [-0.15, -0.1) is 0 Å². The zero-order valence-corrected chi connectivity index (χ0v) is 9.76. The average Bonchev–Trinajstić information content (AvgIpc) is 2.38. The second-order valence-electron chi connectivity index (χ2n) is 3.87. The summed E-state index contributed by atoms with van der Waals surface area (Å²) in [7, 11) is 1.60. The highest BCUT2D eigenvalue weighted by Gasteiger charge is 2.21. The number of para-hydroxylation sites is 2. The quantitative estimate of drug-likeness (QED) is 0.594. The highest BCUT2D eigenvalue weighted by molar-refractivity contribution is 5.91. The molecule has 1 unspecified atom stereocenters. The van der Waals surface area contributed by atoms with Gasteiger partial charge in [0.2, 0.25) is 0 Å². The number of benzene rings is 1. The second-order valence-corrected chi connectivity index (χ2v) is 3.87. The lowest BCUT2D eigenvalue weighted by atomic mass is 10.0. The monoisotopic (exact) mass is 233 g/mol. The molecular weight excluding hydrogens is 218 g/mol. The number of ether oxygens (including phenoxy) is 2. The maximum Gasteiger partial charge on any atom is 0.314 e. The topological polar surface area (TPSA) is 47.9 Å². The van der Waals surface area contributed by atoms with Gasteiger partial charge in [0.15, 0.2) is 0 Å². The zero-order chi connectivity index (χ0) is 12.1. The Balaban J connectivity index is 2.11. The summed E-state index contributed by atoms with van der Waals surface area (Å²) in [6, 6.07) is 7.45. The molecule has 17 heavy (non-hydrogen) atoms. The maximum atomic E-state index is 11.4.